The van der Waals surface area contributed by atoms with Gasteiger partial charge in [0.2, 0.25) is 0 Å². The van der Waals surface area contributed by atoms with Gasteiger partial charge >= 0.3 is 5.97 Å². The molecule has 0 unspecified atom stereocenters. The number of carboxylic acids is 1. The van der Waals surface area contributed by atoms with Gasteiger partial charge in [-0.05, 0) is 50.0 Å². The van der Waals surface area contributed by atoms with Gasteiger partial charge in [0.05, 0.1) is 7.11 Å². The van der Waals surface area contributed by atoms with Gasteiger partial charge in [-0.3, -0.25) is 4.90 Å². The number of ether oxygens (including phenoxy) is 1. The van der Waals surface area contributed by atoms with Crippen LogP contribution in [0.3, 0.4) is 0 Å². The number of nitrogens with zero attached hydrogens (tertiary/aromatic N) is 3. The molecule has 2 aromatic rings. The van der Waals surface area contributed by atoms with Gasteiger partial charge in [0.1, 0.15) is 11.6 Å². The fourth-order valence-corrected chi connectivity index (χ4v) is 5.63. The van der Waals surface area contributed by atoms with E-state index >= 15 is 0 Å². The average Bonchev–Trinajstić information content (AvgIpc) is 3.17. The van der Waals surface area contributed by atoms with Crippen LogP contribution >= 0.6 is 0 Å². The molecule has 6 heteroatoms. The summed E-state index contributed by atoms with van der Waals surface area (Å²) in [6.45, 7) is 3.13. The molecule has 0 spiro atoms. The number of anilines is 1. The van der Waals surface area contributed by atoms with Crippen LogP contribution in [0.25, 0.3) is 0 Å². The predicted octanol–water partition coefficient (Wildman–Crippen LogP) is 2.86. The lowest BCUT2D eigenvalue weighted by atomic mass is 9.75. The lowest BCUT2D eigenvalue weighted by Crippen LogP contribution is -2.60. The van der Waals surface area contributed by atoms with Crippen LogP contribution in [0.2, 0.25) is 0 Å². The van der Waals surface area contributed by atoms with Gasteiger partial charge in [-0.2, -0.15) is 0 Å². The Morgan fingerprint density at radius 1 is 1.11 bits per heavy atom. The highest BCUT2D eigenvalue weighted by atomic mass is 16.5. The van der Waals surface area contributed by atoms with E-state index in [1.165, 1.54) is 18.4 Å². The number of piperidine rings is 3. The molecule has 4 aliphatic heterocycles. The summed E-state index contributed by atoms with van der Waals surface area (Å²) in [6, 6.07) is 14.4. The Labute approximate surface area is 164 Å². The number of carboxylic acid groups (broad SMARTS) is 1. The molecule has 6 rings (SSSR count). The van der Waals surface area contributed by atoms with Gasteiger partial charge in [0.25, 0.3) is 0 Å². The lowest BCUT2D eigenvalue weighted by Gasteiger charge is -2.51. The molecule has 1 aromatic heterocycles. The third-order valence-electron chi connectivity index (χ3n) is 6.78. The molecule has 1 aromatic carbocycles. The van der Waals surface area contributed by atoms with Crippen LogP contribution in [0.5, 0.6) is 5.75 Å². The summed E-state index contributed by atoms with van der Waals surface area (Å²) in [6.07, 6.45) is 2.41. The SMILES string of the molecule is COc1ccccc1[C@@H]1CN(c2cccc(C(=O)O)n2)[C@@H]2C3CCN(CC3)[C@@H]21. The van der Waals surface area contributed by atoms with Crippen molar-refractivity contribution >= 4 is 11.8 Å². The number of pyridine rings is 1. The maximum Gasteiger partial charge on any atom is 0.354 e. The van der Waals surface area contributed by atoms with Crippen molar-refractivity contribution in [2.75, 3.05) is 31.6 Å². The van der Waals surface area contributed by atoms with Crippen molar-refractivity contribution in [3.8, 4) is 5.75 Å². The first-order valence-corrected chi connectivity index (χ1v) is 10.0. The molecular weight excluding hydrogens is 354 g/mol. The van der Waals surface area contributed by atoms with Crippen LogP contribution in [0.1, 0.15) is 34.8 Å². The number of aromatic carboxylic acids is 1. The number of benzene rings is 1. The highest BCUT2D eigenvalue weighted by molar-refractivity contribution is 5.85. The second-order valence-corrected chi connectivity index (χ2v) is 8.04. The summed E-state index contributed by atoms with van der Waals surface area (Å²) in [5.74, 6) is 1.68. The summed E-state index contributed by atoms with van der Waals surface area (Å²) in [5, 5.41) is 9.38. The molecule has 4 fully saturated rings. The number of hydrogen-bond acceptors (Lipinski definition) is 5. The Morgan fingerprint density at radius 2 is 1.89 bits per heavy atom. The van der Waals surface area contributed by atoms with Crippen molar-refractivity contribution < 1.29 is 14.6 Å². The topological polar surface area (TPSA) is 65.9 Å². The normalized spacial score (nSPS) is 30.9. The predicted molar refractivity (Wildman–Crippen MR) is 106 cm³/mol. The standard InChI is InChI=1S/C22H25N3O3/c1-28-18-7-3-2-5-15(18)16-13-25(19-8-4-6-17(23-19)22(26)27)20-14-9-11-24(12-10-14)21(16)20/h2-8,14,16,20-21H,9-13H2,1H3,(H,26,27)/t16-,20+,21+/m0/s1. The van der Waals surface area contributed by atoms with Gasteiger partial charge in [-0.1, -0.05) is 24.3 Å². The molecule has 4 saturated heterocycles. The van der Waals surface area contributed by atoms with Crippen molar-refractivity contribution in [1.29, 1.82) is 0 Å². The summed E-state index contributed by atoms with van der Waals surface area (Å²) in [7, 11) is 1.73. The number of fused-ring (bicyclic) bond motifs is 2. The number of carbonyl (C=O) groups is 1. The monoisotopic (exact) mass is 379 g/mol. The Kier molecular flexibility index (Phi) is 4.23. The fourth-order valence-electron chi connectivity index (χ4n) is 5.63. The van der Waals surface area contributed by atoms with Crippen LogP contribution in [0.4, 0.5) is 5.82 Å². The number of para-hydroxylation sites is 1. The zero-order chi connectivity index (χ0) is 19.3. The van der Waals surface area contributed by atoms with E-state index in [2.05, 4.69) is 26.9 Å². The van der Waals surface area contributed by atoms with E-state index in [1.54, 1.807) is 19.2 Å². The van der Waals surface area contributed by atoms with Crippen molar-refractivity contribution in [1.82, 2.24) is 9.88 Å². The van der Waals surface area contributed by atoms with E-state index in [0.717, 1.165) is 31.2 Å². The maximum absolute atomic E-state index is 11.4. The second kappa shape index (κ2) is 6.78. The molecular formula is C22H25N3O3. The first-order chi connectivity index (χ1) is 13.7. The second-order valence-electron chi connectivity index (χ2n) is 8.04. The number of hydrogen-bond donors (Lipinski definition) is 1. The zero-order valence-corrected chi connectivity index (χ0v) is 16.0. The van der Waals surface area contributed by atoms with E-state index in [-0.39, 0.29) is 5.69 Å². The molecule has 1 N–H and O–H groups in total. The molecule has 6 nitrogen and oxygen atoms in total. The minimum absolute atomic E-state index is 0.107. The first-order valence-electron chi connectivity index (χ1n) is 10.0. The average molecular weight is 379 g/mol. The van der Waals surface area contributed by atoms with Gasteiger partial charge in [0.15, 0.2) is 5.69 Å². The van der Waals surface area contributed by atoms with Crippen LogP contribution in [0.15, 0.2) is 42.5 Å². The molecule has 0 amide bonds. The van der Waals surface area contributed by atoms with Gasteiger partial charge < -0.3 is 14.7 Å². The Hall–Kier alpha value is -2.60. The van der Waals surface area contributed by atoms with E-state index < -0.39 is 5.97 Å². The van der Waals surface area contributed by atoms with E-state index in [9.17, 15) is 9.90 Å². The lowest BCUT2D eigenvalue weighted by molar-refractivity contribution is 0.0352. The van der Waals surface area contributed by atoms with Crippen LogP contribution in [-0.2, 0) is 0 Å². The highest BCUT2D eigenvalue weighted by Crippen LogP contribution is 2.49. The molecule has 28 heavy (non-hydrogen) atoms. The molecule has 0 aliphatic carbocycles. The van der Waals surface area contributed by atoms with Crippen LogP contribution in [0, 0.1) is 5.92 Å². The van der Waals surface area contributed by atoms with Crippen LogP contribution < -0.4 is 9.64 Å². The zero-order valence-electron chi connectivity index (χ0n) is 16.0. The summed E-state index contributed by atoms with van der Waals surface area (Å²) in [4.78, 5) is 20.9. The molecule has 2 bridgehead atoms. The minimum atomic E-state index is -0.979. The summed E-state index contributed by atoms with van der Waals surface area (Å²) >= 11 is 0. The minimum Gasteiger partial charge on any atom is -0.496 e. The van der Waals surface area contributed by atoms with Gasteiger partial charge in [-0.25, -0.2) is 9.78 Å². The molecule has 146 valence electrons. The van der Waals surface area contributed by atoms with Gasteiger partial charge in [0, 0.05) is 30.1 Å². The first kappa shape index (κ1) is 17.5. The molecule has 0 saturated carbocycles. The molecule has 3 atom stereocenters. The van der Waals surface area contributed by atoms with Crippen LogP contribution in [-0.4, -0.2) is 59.8 Å². The molecule has 4 aliphatic rings. The number of rotatable bonds is 4. The van der Waals surface area contributed by atoms with Gasteiger partial charge in [-0.15, -0.1) is 0 Å². The maximum atomic E-state index is 11.4. The summed E-state index contributed by atoms with van der Waals surface area (Å²) in [5.41, 5.74) is 1.35. The van der Waals surface area contributed by atoms with Crippen molar-refractivity contribution in [2.45, 2.75) is 30.8 Å². The van der Waals surface area contributed by atoms with E-state index in [1.807, 2.05) is 18.2 Å². The molecule has 5 heterocycles. The van der Waals surface area contributed by atoms with E-state index in [0.29, 0.717) is 23.9 Å². The summed E-state index contributed by atoms with van der Waals surface area (Å²) < 4.78 is 5.68. The largest absolute Gasteiger partial charge is 0.496 e. The number of aromatic nitrogens is 1. The Morgan fingerprint density at radius 3 is 2.64 bits per heavy atom. The van der Waals surface area contributed by atoms with Crippen molar-refractivity contribution in [3.05, 3.63) is 53.7 Å². The third-order valence-corrected chi connectivity index (χ3v) is 6.78. The quantitative estimate of drug-likeness (QED) is 0.881. The van der Waals surface area contributed by atoms with Crippen molar-refractivity contribution in [3.63, 3.8) is 0 Å². The van der Waals surface area contributed by atoms with E-state index in [4.69, 9.17) is 4.74 Å². The van der Waals surface area contributed by atoms with Crippen molar-refractivity contribution in [2.24, 2.45) is 5.92 Å². The third kappa shape index (κ3) is 2.66. The molecule has 0 radical (unpaired) electrons. The smallest absolute Gasteiger partial charge is 0.354 e. The Balaban J connectivity index is 1.58. The Bertz CT molecular complexity index is 894. The fraction of sp³-hybridized carbons (Fsp3) is 0.455. The highest BCUT2D eigenvalue weighted by Gasteiger charge is 2.54. The number of methoxy groups -OCH3 is 1.